The second-order valence-corrected chi connectivity index (χ2v) is 7.39. The van der Waals surface area contributed by atoms with Gasteiger partial charge in [-0.1, -0.05) is 68.3 Å². The first kappa shape index (κ1) is 22.3. The Morgan fingerprint density at radius 1 is 0.846 bits per heavy atom. The molecule has 0 fully saturated rings. The van der Waals surface area contributed by atoms with Crippen LogP contribution in [0.15, 0.2) is 54.6 Å². The molecule has 2 aromatic carbocycles. The maximum Gasteiger partial charge on any atom is 0.159 e. The third-order valence-electron chi connectivity index (χ3n) is 3.85. The molecule has 0 atom stereocenters. The Kier molecular flexibility index (Phi) is 10.8. The van der Waals surface area contributed by atoms with Gasteiger partial charge in [0, 0.05) is 14.7 Å². The van der Waals surface area contributed by atoms with Crippen molar-refractivity contribution >= 4 is 40.2 Å². The lowest BCUT2D eigenvalue weighted by Crippen LogP contribution is -1.90. The molecule has 0 N–H and O–H groups in total. The molecule has 0 amide bonds. The first-order chi connectivity index (χ1) is 12.4. The van der Waals surface area contributed by atoms with Crippen LogP contribution in [0.5, 0.6) is 0 Å². The summed E-state index contributed by atoms with van der Waals surface area (Å²) in [4.78, 5) is 21.8. The Morgan fingerprint density at radius 2 is 1.35 bits per heavy atom. The van der Waals surface area contributed by atoms with E-state index < -0.39 is 0 Å². The number of unbranched alkanes of at least 4 members (excludes halogenated alkanes) is 3. The summed E-state index contributed by atoms with van der Waals surface area (Å²) in [5, 5.41) is 0. The second-order valence-electron chi connectivity index (χ2n) is 6.14. The van der Waals surface area contributed by atoms with E-state index in [1.165, 1.54) is 24.8 Å². The highest BCUT2D eigenvalue weighted by Gasteiger charge is 1.97. The molecule has 0 unspecified atom stereocenters. The molecule has 2 nitrogen and oxygen atoms in total. The Bertz CT molecular complexity index is 713. The number of benzene rings is 2. The molecule has 0 heterocycles. The van der Waals surface area contributed by atoms with Crippen LogP contribution in [-0.4, -0.2) is 11.6 Å². The summed E-state index contributed by atoms with van der Waals surface area (Å²) >= 11 is 2.21. The van der Waals surface area contributed by atoms with Gasteiger partial charge in [-0.15, -0.1) is 0 Å². The van der Waals surface area contributed by atoms with Crippen molar-refractivity contribution in [2.75, 3.05) is 0 Å². The minimum atomic E-state index is 0.122. The average Bonchev–Trinajstić information content (AvgIpc) is 2.63. The molecule has 2 aromatic rings. The lowest BCUT2D eigenvalue weighted by Gasteiger charge is -1.97. The predicted octanol–water partition coefficient (Wildman–Crippen LogP) is 6.98. The monoisotopic (exact) mass is 462 g/mol. The molecule has 2 rings (SSSR count). The summed E-state index contributed by atoms with van der Waals surface area (Å²) in [7, 11) is 0. The molecule has 26 heavy (non-hydrogen) atoms. The smallest absolute Gasteiger partial charge is 0.159 e. The Balaban J connectivity index is 0.000000289. The largest absolute Gasteiger partial charge is 0.295 e. The van der Waals surface area contributed by atoms with E-state index in [0.29, 0.717) is 0 Å². The zero-order valence-corrected chi connectivity index (χ0v) is 18.0. The topological polar surface area (TPSA) is 34.1 Å². The van der Waals surface area contributed by atoms with E-state index >= 15 is 0 Å². The van der Waals surface area contributed by atoms with Crippen LogP contribution in [0.1, 0.15) is 72.7 Å². The second kappa shape index (κ2) is 12.6. The van der Waals surface area contributed by atoms with E-state index in [1.807, 2.05) is 48.5 Å². The fraction of sp³-hybridized carbons (Fsp3) is 0.304. The summed E-state index contributed by atoms with van der Waals surface area (Å²) in [6.07, 6.45) is 9.30. The quantitative estimate of drug-likeness (QED) is 0.253. The summed E-state index contributed by atoms with van der Waals surface area (Å²) in [6, 6.07) is 15.3. The molecule has 0 aliphatic heterocycles. The Morgan fingerprint density at radius 3 is 1.81 bits per heavy atom. The molecule has 0 bridgehead atoms. The average molecular weight is 462 g/mol. The molecule has 0 radical (unpaired) electrons. The lowest BCUT2D eigenvalue weighted by molar-refractivity contribution is 0.100. The summed E-state index contributed by atoms with van der Waals surface area (Å²) in [5.41, 5.74) is 2.73. The number of rotatable bonds is 7. The van der Waals surface area contributed by atoms with E-state index in [1.54, 1.807) is 13.8 Å². The minimum absolute atomic E-state index is 0.122. The highest BCUT2D eigenvalue weighted by molar-refractivity contribution is 14.1. The van der Waals surface area contributed by atoms with Crippen LogP contribution < -0.4 is 0 Å². The number of Topliss-reactive ketones (excluding diaryl/α,β-unsaturated/α-hetero) is 2. The molecule has 3 heteroatoms. The summed E-state index contributed by atoms with van der Waals surface area (Å²) in [5.74, 6) is 0.245. The molecule has 138 valence electrons. The van der Waals surface area contributed by atoms with Crippen LogP contribution in [0, 0.1) is 3.57 Å². The zero-order valence-electron chi connectivity index (χ0n) is 15.8. The number of hydrogen-bond acceptors (Lipinski definition) is 2. The van der Waals surface area contributed by atoms with Crippen LogP contribution in [0.4, 0.5) is 0 Å². The van der Waals surface area contributed by atoms with Crippen molar-refractivity contribution in [3.63, 3.8) is 0 Å². The lowest BCUT2D eigenvalue weighted by atomic mass is 10.1. The number of hydrogen-bond donors (Lipinski definition) is 0. The molecular formula is C23H27IO2. The van der Waals surface area contributed by atoms with E-state index in [4.69, 9.17) is 0 Å². The van der Waals surface area contributed by atoms with Gasteiger partial charge < -0.3 is 0 Å². The van der Waals surface area contributed by atoms with Gasteiger partial charge in [0.2, 0.25) is 0 Å². The van der Waals surface area contributed by atoms with Crippen molar-refractivity contribution in [2.24, 2.45) is 0 Å². The maximum absolute atomic E-state index is 11.1. The van der Waals surface area contributed by atoms with Crippen LogP contribution >= 0.6 is 22.6 Å². The Labute approximate surface area is 170 Å². The summed E-state index contributed by atoms with van der Waals surface area (Å²) in [6.45, 7) is 5.38. The molecule has 0 saturated carbocycles. The van der Waals surface area contributed by atoms with Gasteiger partial charge in [0.1, 0.15) is 0 Å². The van der Waals surface area contributed by atoms with Crippen molar-refractivity contribution in [1.29, 1.82) is 0 Å². The number of halogens is 1. The van der Waals surface area contributed by atoms with E-state index in [0.717, 1.165) is 21.1 Å². The van der Waals surface area contributed by atoms with Gasteiger partial charge in [0.15, 0.2) is 11.6 Å². The number of carbonyl (C=O) groups is 2. The van der Waals surface area contributed by atoms with Crippen LogP contribution in [0.3, 0.4) is 0 Å². The van der Waals surface area contributed by atoms with Gasteiger partial charge >= 0.3 is 0 Å². The van der Waals surface area contributed by atoms with Gasteiger partial charge in [-0.05, 0) is 67.0 Å². The molecule has 0 spiro atoms. The summed E-state index contributed by atoms with van der Waals surface area (Å²) < 4.78 is 1.16. The van der Waals surface area contributed by atoms with E-state index in [9.17, 15) is 9.59 Å². The molecule has 0 aromatic heterocycles. The highest BCUT2D eigenvalue weighted by atomic mass is 127. The fourth-order valence-corrected chi connectivity index (χ4v) is 2.60. The van der Waals surface area contributed by atoms with Gasteiger partial charge in [-0.25, -0.2) is 0 Å². The van der Waals surface area contributed by atoms with Crippen molar-refractivity contribution in [3.05, 3.63) is 74.9 Å². The van der Waals surface area contributed by atoms with Crippen LogP contribution in [0.25, 0.3) is 6.08 Å². The molecular weight excluding hydrogens is 435 g/mol. The first-order valence-corrected chi connectivity index (χ1v) is 10.1. The van der Waals surface area contributed by atoms with Crippen molar-refractivity contribution in [1.82, 2.24) is 0 Å². The molecule has 0 aliphatic rings. The molecule has 0 saturated heterocycles. The number of ketones is 2. The minimum Gasteiger partial charge on any atom is -0.295 e. The van der Waals surface area contributed by atoms with Crippen LogP contribution in [0.2, 0.25) is 0 Å². The number of carbonyl (C=O) groups excluding carboxylic acids is 2. The standard InChI is InChI=1S/C15H20O.C8H7IO/c1-3-4-5-6-7-8-14-9-11-15(12-10-14)13(2)16;1-6(10)7-2-4-8(9)5-3-7/h7-12H,3-6H2,1-2H3;2-5H,1H3/b8-7+;. The predicted molar refractivity (Wildman–Crippen MR) is 119 cm³/mol. The zero-order chi connectivity index (χ0) is 19.4. The van der Waals surface area contributed by atoms with Crippen LogP contribution in [-0.2, 0) is 0 Å². The normalized spacial score (nSPS) is 10.3. The van der Waals surface area contributed by atoms with E-state index in [-0.39, 0.29) is 11.6 Å². The van der Waals surface area contributed by atoms with E-state index in [2.05, 4.69) is 41.7 Å². The third-order valence-corrected chi connectivity index (χ3v) is 4.57. The first-order valence-electron chi connectivity index (χ1n) is 8.98. The SMILES string of the molecule is CC(=O)c1ccc(I)cc1.CCCCC/C=C/c1ccc(C(C)=O)cc1. The van der Waals surface area contributed by atoms with Gasteiger partial charge in [-0.2, -0.15) is 0 Å². The Hall–Kier alpha value is -1.75. The van der Waals surface area contributed by atoms with Crippen molar-refractivity contribution in [3.8, 4) is 0 Å². The third kappa shape index (κ3) is 9.09. The van der Waals surface area contributed by atoms with Gasteiger partial charge in [-0.3, -0.25) is 9.59 Å². The van der Waals surface area contributed by atoms with Gasteiger partial charge in [0.25, 0.3) is 0 Å². The number of allylic oxidation sites excluding steroid dienone is 1. The molecule has 0 aliphatic carbocycles. The highest BCUT2D eigenvalue weighted by Crippen LogP contribution is 2.09. The van der Waals surface area contributed by atoms with Crippen molar-refractivity contribution < 1.29 is 9.59 Å². The fourth-order valence-electron chi connectivity index (χ4n) is 2.25. The van der Waals surface area contributed by atoms with Gasteiger partial charge in [0.05, 0.1) is 0 Å². The maximum atomic E-state index is 11.1. The van der Waals surface area contributed by atoms with Crippen molar-refractivity contribution in [2.45, 2.75) is 46.5 Å².